The highest BCUT2D eigenvalue weighted by Crippen LogP contribution is 2.34. The van der Waals surface area contributed by atoms with E-state index in [0.29, 0.717) is 11.5 Å². The molecule has 3 rings (SSSR count). The zero-order valence-electron chi connectivity index (χ0n) is 11.8. The Labute approximate surface area is 128 Å². The van der Waals surface area contributed by atoms with E-state index in [-0.39, 0.29) is 5.56 Å². The molecule has 0 atom stereocenters. The fourth-order valence-corrected chi connectivity index (χ4v) is 2.21. The lowest BCUT2D eigenvalue weighted by Crippen LogP contribution is -1.98. The Balaban J connectivity index is 2.07. The molecule has 0 heterocycles. The lowest BCUT2D eigenvalue weighted by atomic mass is 10.0. The zero-order valence-corrected chi connectivity index (χ0v) is 11.8. The highest BCUT2D eigenvalue weighted by molar-refractivity contribution is 5.89. The average molecular weight is 290 g/mol. The molecule has 0 aromatic heterocycles. The van der Waals surface area contributed by atoms with Crippen LogP contribution in [0.15, 0.2) is 78.9 Å². The van der Waals surface area contributed by atoms with Gasteiger partial charge in [-0.15, -0.1) is 0 Å². The van der Waals surface area contributed by atoms with Gasteiger partial charge in [0.1, 0.15) is 11.5 Å². The molecule has 3 aromatic rings. The van der Waals surface area contributed by atoms with Crippen LogP contribution in [0.2, 0.25) is 0 Å². The number of benzene rings is 3. The SMILES string of the molecule is O=C(O)c1ccc(-c2ccccc2)c(Oc2ccccc2)c1. The lowest BCUT2D eigenvalue weighted by Gasteiger charge is -2.12. The molecular formula is C19H14O3. The van der Waals surface area contributed by atoms with Crippen LogP contribution in [0.25, 0.3) is 11.1 Å². The summed E-state index contributed by atoms with van der Waals surface area (Å²) in [4.78, 5) is 11.2. The number of carboxylic acids is 1. The van der Waals surface area contributed by atoms with Gasteiger partial charge in [-0.25, -0.2) is 4.79 Å². The molecule has 0 fully saturated rings. The minimum Gasteiger partial charge on any atom is -0.478 e. The van der Waals surface area contributed by atoms with E-state index in [9.17, 15) is 9.90 Å². The molecule has 0 unspecified atom stereocenters. The first-order valence-corrected chi connectivity index (χ1v) is 6.90. The van der Waals surface area contributed by atoms with Crippen LogP contribution in [0.4, 0.5) is 0 Å². The summed E-state index contributed by atoms with van der Waals surface area (Å²) in [7, 11) is 0. The Hall–Kier alpha value is -3.07. The Morgan fingerprint density at radius 3 is 2.09 bits per heavy atom. The molecule has 3 heteroatoms. The van der Waals surface area contributed by atoms with E-state index in [2.05, 4.69) is 0 Å². The number of carbonyl (C=O) groups is 1. The number of ether oxygens (including phenoxy) is 1. The second-order valence-electron chi connectivity index (χ2n) is 4.80. The van der Waals surface area contributed by atoms with Crippen LogP contribution in [0, 0.1) is 0 Å². The molecule has 108 valence electrons. The average Bonchev–Trinajstić information content (AvgIpc) is 2.56. The van der Waals surface area contributed by atoms with Gasteiger partial charge < -0.3 is 9.84 Å². The minimum absolute atomic E-state index is 0.200. The number of rotatable bonds is 4. The van der Waals surface area contributed by atoms with Crippen LogP contribution in [0.1, 0.15) is 10.4 Å². The molecule has 0 saturated carbocycles. The summed E-state index contributed by atoms with van der Waals surface area (Å²) in [6.07, 6.45) is 0. The molecule has 3 aromatic carbocycles. The van der Waals surface area contributed by atoms with E-state index in [0.717, 1.165) is 11.1 Å². The van der Waals surface area contributed by atoms with Crippen molar-refractivity contribution in [3.8, 4) is 22.6 Å². The van der Waals surface area contributed by atoms with Crippen molar-refractivity contribution in [2.75, 3.05) is 0 Å². The largest absolute Gasteiger partial charge is 0.478 e. The Bertz CT molecular complexity index is 780. The molecule has 3 nitrogen and oxygen atoms in total. The fourth-order valence-electron chi connectivity index (χ4n) is 2.21. The van der Waals surface area contributed by atoms with Gasteiger partial charge in [-0.3, -0.25) is 0 Å². The third kappa shape index (κ3) is 2.99. The maximum Gasteiger partial charge on any atom is 0.335 e. The second-order valence-corrected chi connectivity index (χ2v) is 4.80. The third-order valence-electron chi connectivity index (χ3n) is 3.28. The highest BCUT2D eigenvalue weighted by atomic mass is 16.5. The first-order chi connectivity index (χ1) is 10.7. The van der Waals surface area contributed by atoms with Crippen molar-refractivity contribution in [1.29, 1.82) is 0 Å². The Morgan fingerprint density at radius 1 is 0.818 bits per heavy atom. The van der Waals surface area contributed by atoms with Crippen LogP contribution in [0.3, 0.4) is 0 Å². The molecular weight excluding hydrogens is 276 g/mol. The zero-order chi connectivity index (χ0) is 15.4. The minimum atomic E-state index is -0.975. The molecule has 0 amide bonds. The van der Waals surface area contributed by atoms with E-state index in [1.807, 2.05) is 60.7 Å². The van der Waals surface area contributed by atoms with Crippen LogP contribution < -0.4 is 4.74 Å². The Morgan fingerprint density at radius 2 is 1.45 bits per heavy atom. The third-order valence-corrected chi connectivity index (χ3v) is 3.28. The van der Waals surface area contributed by atoms with Crippen molar-refractivity contribution >= 4 is 5.97 Å². The predicted molar refractivity (Wildman–Crippen MR) is 85.4 cm³/mol. The summed E-state index contributed by atoms with van der Waals surface area (Å²) in [5.41, 5.74) is 2.03. The number of aromatic carboxylic acids is 1. The summed E-state index contributed by atoms with van der Waals surface area (Å²) in [6, 6.07) is 24.0. The van der Waals surface area contributed by atoms with E-state index >= 15 is 0 Å². The topological polar surface area (TPSA) is 46.5 Å². The highest BCUT2D eigenvalue weighted by Gasteiger charge is 2.12. The van der Waals surface area contributed by atoms with E-state index in [4.69, 9.17) is 4.74 Å². The van der Waals surface area contributed by atoms with E-state index < -0.39 is 5.97 Å². The van der Waals surface area contributed by atoms with Crippen LogP contribution in [-0.4, -0.2) is 11.1 Å². The van der Waals surface area contributed by atoms with Crippen molar-refractivity contribution in [1.82, 2.24) is 0 Å². The fraction of sp³-hybridized carbons (Fsp3) is 0. The maximum absolute atomic E-state index is 11.2. The molecule has 0 aliphatic carbocycles. The Kier molecular flexibility index (Phi) is 3.88. The first-order valence-electron chi connectivity index (χ1n) is 6.90. The lowest BCUT2D eigenvalue weighted by molar-refractivity contribution is 0.0696. The second kappa shape index (κ2) is 6.14. The van der Waals surface area contributed by atoms with Crippen molar-refractivity contribution in [2.24, 2.45) is 0 Å². The van der Waals surface area contributed by atoms with Crippen molar-refractivity contribution in [3.05, 3.63) is 84.4 Å². The van der Waals surface area contributed by atoms with Gasteiger partial charge in [-0.1, -0.05) is 48.5 Å². The summed E-state index contributed by atoms with van der Waals surface area (Å²) >= 11 is 0. The summed E-state index contributed by atoms with van der Waals surface area (Å²) in [6.45, 7) is 0. The number of para-hydroxylation sites is 1. The molecule has 0 saturated heterocycles. The maximum atomic E-state index is 11.2. The monoisotopic (exact) mass is 290 g/mol. The number of hydrogen-bond donors (Lipinski definition) is 1. The molecule has 0 spiro atoms. The van der Waals surface area contributed by atoms with Gasteiger partial charge in [0, 0.05) is 5.56 Å². The first kappa shape index (κ1) is 13.9. The molecule has 0 aliphatic heterocycles. The van der Waals surface area contributed by atoms with Gasteiger partial charge in [-0.2, -0.15) is 0 Å². The number of carboxylic acid groups (broad SMARTS) is 1. The molecule has 0 aliphatic rings. The summed E-state index contributed by atoms with van der Waals surface area (Å²) in [5, 5.41) is 9.18. The molecule has 0 bridgehead atoms. The van der Waals surface area contributed by atoms with Gasteiger partial charge in [-0.05, 0) is 35.9 Å². The summed E-state index contributed by atoms with van der Waals surface area (Å²) < 4.78 is 5.89. The van der Waals surface area contributed by atoms with Crippen molar-refractivity contribution in [2.45, 2.75) is 0 Å². The van der Waals surface area contributed by atoms with Gasteiger partial charge >= 0.3 is 5.97 Å². The standard InChI is InChI=1S/C19H14O3/c20-19(21)15-11-12-17(14-7-3-1-4-8-14)18(13-15)22-16-9-5-2-6-10-16/h1-13H,(H,20,21). The number of hydrogen-bond acceptors (Lipinski definition) is 2. The van der Waals surface area contributed by atoms with Gasteiger partial charge in [0.25, 0.3) is 0 Å². The normalized spacial score (nSPS) is 10.2. The van der Waals surface area contributed by atoms with E-state index in [1.54, 1.807) is 18.2 Å². The molecule has 1 N–H and O–H groups in total. The predicted octanol–water partition coefficient (Wildman–Crippen LogP) is 4.84. The van der Waals surface area contributed by atoms with E-state index in [1.165, 1.54) is 0 Å². The van der Waals surface area contributed by atoms with Crippen LogP contribution in [-0.2, 0) is 0 Å². The molecule has 0 radical (unpaired) electrons. The van der Waals surface area contributed by atoms with Gasteiger partial charge in [0.05, 0.1) is 5.56 Å². The van der Waals surface area contributed by atoms with Crippen molar-refractivity contribution in [3.63, 3.8) is 0 Å². The quantitative estimate of drug-likeness (QED) is 0.747. The van der Waals surface area contributed by atoms with Gasteiger partial charge in [0.15, 0.2) is 0 Å². The summed E-state index contributed by atoms with van der Waals surface area (Å²) in [5.74, 6) is 0.219. The van der Waals surface area contributed by atoms with Crippen molar-refractivity contribution < 1.29 is 14.6 Å². The van der Waals surface area contributed by atoms with Crippen LogP contribution in [0.5, 0.6) is 11.5 Å². The van der Waals surface area contributed by atoms with Gasteiger partial charge in [0.2, 0.25) is 0 Å². The van der Waals surface area contributed by atoms with Crippen LogP contribution >= 0.6 is 0 Å². The molecule has 22 heavy (non-hydrogen) atoms. The smallest absolute Gasteiger partial charge is 0.335 e.